The van der Waals surface area contributed by atoms with Gasteiger partial charge in [0.05, 0.1) is 0 Å². The minimum Gasteiger partial charge on any atom is -0.351 e. The van der Waals surface area contributed by atoms with Crippen molar-refractivity contribution >= 4 is 28.3 Å². The molecule has 0 saturated heterocycles. The predicted octanol–water partition coefficient (Wildman–Crippen LogP) is 4.90. The van der Waals surface area contributed by atoms with Crippen LogP contribution in [0.4, 0.5) is 5.69 Å². The summed E-state index contributed by atoms with van der Waals surface area (Å²) in [5.74, 6) is -0.0939. The molecular weight excluding hydrogens is 448 g/mol. The molecule has 0 spiro atoms. The van der Waals surface area contributed by atoms with Crippen LogP contribution < -0.4 is 10.6 Å². The largest absolute Gasteiger partial charge is 0.351 e. The molecule has 3 aromatic carbocycles. The van der Waals surface area contributed by atoms with Crippen LogP contribution in [-0.4, -0.2) is 60.4 Å². The van der Waals surface area contributed by atoms with Crippen molar-refractivity contribution in [1.82, 2.24) is 15.1 Å². The van der Waals surface area contributed by atoms with E-state index in [1.807, 2.05) is 0 Å². The number of nitrogens with zero attached hydrogens (tertiary/aromatic N) is 2. The average Bonchev–Trinajstić information content (AvgIpc) is 3.75. The van der Waals surface area contributed by atoms with E-state index in [0.29, 0.717) is 30.3 Å². The van der Waals surface area contributed by atoms with Crippen LogP contribution >= 0.6 is 0 Å². The van der Waals surface area contributed by atoms with Crippen molar-refractivity contribution in [3.8, 4) is 0 Å². The van der Waals surface area contributed by atoms with E-state index < -0.39 is 0 Å². The van der Waals surface area contributed by atoms with Gasteiger partial charge in [0.15, 0.2) is 0 Å². The van der Waals surface area contributed by atoms with Gasteiger partial charge in [-0.3, -0.25) is 14.5 Å². The van der Waals surface area contributed by atoms with E-state index in [-0.39, 0.29) is 11.8 Å². The third-order valence-corrected chi connectivity index (χ3v) is 6.98. The number of amides is 2. The highest BCUT2D eigenvalue weighted by Crippen LogP contribution is 2.30. The summed E-state index contributed by atoms with van der Waals surface area (Å²) in [6.45, 7) is 9.23. The third-order valence-electron chi connectivity index (χ3n) is 6.98. The van der Waals surface area contributed by atoms with Crippen LogP contribution in [0.5, 0.6) is 0 Å². The van der Waals surface area contributed by atoms with Gasteiger partial charge in [-0.05, 0) is 66.5 Å². The van der Waals surface area contributed by atoms with E-state index in [9.17, 15) is 9.59 Å². The number of rotatable bonds is 13. The molecule has 0 radical (unpaired) electrons. The van der Waals surface area contributed by atoms with Crippen molar-refractivity contribution in [3.63, 3.8) is 0 Å². The summed E-state index contributed by atoms with van der Waals surface area (Å²) >= 11 is 0. The van der Waals surface area contributed by atoms with E-state index in [2.05, 4.69) is 76.7 Å². The Bertz CT molecular complexity index is 1150. The number of hydrogen-bond acceptors (Lipinski definition) is 4. The lowest BCUT2D eigenvalue weighted by Crippen LogP contribution is -2.34. The Morgan fingerprint density at radius 2 is 1.61 bits per heavy atom. The molecular formula is C30H38N4O2. The van der Waals surface area contributed by atoms with Crippen LogP contribution in [0.25, 0.3) is 10.8 Å². The summed E-state index contributed by atoms with van der Waals surface area (Å²) in [4.78, 5) is 29.8. The SMILES string of the molecule is CCN(CC)CCNC(=O)c1ccc(NC(=O)CCN(Cc2cccc3ccccc23)C2CC2)cc1. The Kier molecular flexibility index (Phi) is 9.09. The van der Waals surface area contributed by atoms with E-state index in [1.54, 1.807) is 24.3 Å². The van der Waals surface area contributed by atoms with Crippen molar-refractivity contribution in [2.45, 2.75) is 45.7 Å². The number of anilines is 1. The molecule has 2 N–H and O–H groups in total. The fraction of sp³-hybridized carbons (Fsp3) is 0.400. The zero-order valence-corrected chi connectivity index (χ0v) is 21.5. The molecule has 1 aliphatic carbocycles. The smallest absolute Gasteiger partial charge is 0.251 e. The van der Waals surface area contributed by atoms with Gasteiger partial charge in [0.2, 0.25) is 5.91 Å². The summed E-state index contributed by atoms with van der Waals surface area (Å²) in [7, 11) is 0. The van der Waals surface area contributed by atoms with Gasteiger partial charge in [-0.15, -0.1) is 0 Å². The Balaban J connectivity index is 1.26. The van der Waals surface area contributed by atoms with Crippen LogP contribution in [0.2, 0.25) is 0 Å². The quantitative estimate of drug-likeness (QED) is 0.361. The fourth-order valence-corrected chi connectivity index (χ4v) is 4.62. The van der Waals surface area contributed by atoms with Crippen molar-refractivity contribution < 1.29 is 9.59 Å². The number of fused-ring (bicyclic) bond motifs is 1. The molecule has 0 atom stereocenters. The molecule has 0 aliphatic heterocycles. The molecule has 0 aromatic heterocycles. The maximum atomic E-state index is 12.7. The van der Waals surface area contributed by atoms with Crippen molar-refractivity contribution in [2.24, 2.45) is 0 Å². The van der Waals surface area contributed by atoms with Crippen LogP contribution in [0.3, 0.4) is 0 Å². The molecule has 0 unspecified atom stereocenters. The fourth-order valence-electron chi connectivity index (χ4n) is 4.62. The Labute approximate surface area is 214 Å². The zero-order chi connectivity index (χ0) is 25.3. The second-order valence-corrected chi connectivity index (χ2v) is 9.50. The highest BCUT2D eigenvalue weighted by atomic mass is 16.2. The van der Waals surface area contributed by atoms with Crippen LogP contribution in [-0.2, 0) is 11.3 Å². The van der Waals surface area contributed by atoms with Crippen LogP contribution in [0, 0.1) is 0 Å². The first-order chi connectivity index (χ1) is 17.6. The Morgan fingerprint density at radius 3 is 2.33 bits per heavy atom. The number of nitrogens with one attached hydrogen (secondary N) is 2. The second-order valence-electron chi connectivity index (χ2n) is 9.50. The van der Waals surface area contributed by atoms with Gasteiger partial charge in [0, 0.05) is 49.9 Å². The molecule has 190 valence electrons. The topological polar surface area (TPSA) is 64.7 Å². The normalized spacial score (nSPS) is 13.3. The molecule has 0 heterocycles. The lowest BCUT2D eigenvalue weighted by molar-refractivity contribution is -0.116. The lowest BCUT2D eigenvalue weighted by Gasteiger charge is -2.22. The molecule has 1 aliphatic rings. The van der Waals surface area contributed by atoms with Gasteiger partial charge in [0.1, 0.15) is 0 Å². The standard InChI is InChI=1S/C30H38N4O2/c1-3-33(4-2)21-19-31-30(36)24-12-14-26(15-13-24)32-29(35)18-20-34(27-16-17-27)22-25-10-7-9-23-8-5-6-11-28(23)25/h5-15,27H,3-4,16-22H2,1-2H3,(H,31,36)(H,32,35). The summed E-state index contributed by atoms with van der Waals surface area (Å²) < 4.78 is 0. The molecule has 6 heteroatoms. The summed E-state index contributed by atoms with van der Waals surface area (Å²) in [6.07, 6.45) is 2.84. The number of carbonyl (C=O) groups excluding carboxylic acids is 2. The van der Waals surface area contributed by atoms with Gasteiger partial charge in [-0.1, -0.05) is 56.3 Å². The van der Waals surface area contributed by atoms with Gasteiger partial charge < -0.3 is 15.5 Å². The van der Waals surface area contributed by atoms with Crippen molar-refractivity contribution in [3.05, 3.63) is 77.9 Å². The Morgan fingerprint density at radius 1 is 0.889 bits per heavy atom. The van der Waals surface area contributed by atoms with E-state index in [0.717, 1.165) is 32.7 Å². The molecule has 2 amide bonds. The van der Waals surface area contributed by atoms with Crippen LogP contribution in [0.1, 0.15) is 49.0 Å². The van der Waals surface area contributed by atoms with Gasteiger partial charge >= 0.3 is 0 Å². The number of likely N-dealkylation sites (N-methyl/N-ethyl adjacent to an activating group) is 1. The van der Waals surface area contributed by atoms with Gasteiger partial charge in [0.25, 0.3) is 5.91 Å². The van der Waals surface area contributed by atoms with E-state index in [4.69, 9.17) is 0 Å². The maximum Gasteiger partial charge on any atom is 0.251 e. The number of hydrogen-bond donors (Lipinski definition) is 2. The first-order valence-corrected chi connectivity index (χ1v) is 13.2. The molecule has 1 fully saturated rings. The lowest BCUT2D eigenvalue weighted by atomic mass is 10.0. The summed E-state index contributed by atoms with van der Waals surface area (Å²) in [5, 5.41) is 8.49. The molecule has 3 aromatic rings. The van der Waals surface area contributed by atoms with Crippen molar-refractivity contribution in [2.75, 3.05) is 38.0 Å². The van der Waals surface area contributed by atoms with E-state index >= 15 is 0 Å². The first-order valence-electron chi connectivity index (χ1n) is 13.2. The number of benzene rings is 3. The molecule has 0 bridgehead atoms. The minimum absolute atomic E-state index is 0.00464. The van der Waals surface area contributed by atoms with Crippen LogP contribution in [0.15, 0.2) is 66.7 Å². The van der Waals surface area contributed by atoms with Gasteiger partial charge in [-0.2, -0.15) is 0 Å². The molecule has 1 saturated carbocycles. The third kappa shape index (κ3) is 7.15. The predicted molar refractivity (Wildman–Crippen MR) is 147 cm³/mol. The highest BCUT2D eigenvalue weighted by molar-refractivity contribution is 5.95. The highest BCUT2D eigenvalue weighted by Gasteiger charge is 2.29. The zero-order valence-electron chi connectivity index (χ0n) is 21.5. The molecule has 4 rings (SSSR count). The molecule has 36 heavy (non-hydrogen) atoms. The molecule has 6 nitrogen and oxygen atoms in total. The average molecular weight is 487 g/mol. The first kappa shape index (κ1) is 25.9. The van der Waals surface area contributed by atoms with E-state index in [1.165, 1.54) is 29.2 Å². The summed E-state index contributed by atoms with van der Waals surface area (Å²) in [5.41, 5.74) is 2.63. The van der Waals surface area contributed by atoms with Gasteiger partial charge in [-0.25, -0.2) is 0 Å². The monoisotopic (exact) mass is 486 g/mol. The minimum atomic E-state index is -0.0893. The maximum absolute atomic E-state index is 12.7. The number of carbonyl (C=O) groups is 2. The second kappa shape index (κ2) is 12.7. The Hall–Kier alpha value is -3.22. The van der Waals surface area contributed by atoms with Crippen molar-refractivity contribution in [1.29, 1.82) is 0 Å². The summed E-state index contributed by atoms with van der Waals surface area (Å²) in [6, 6.07) is 22.6.